The van der Waals surface area contributed by atoms with Gasteiger partial charge in [-0.3, -0.25) is 10.1 Å². The van der Waals surface area contributed by atoms with Crippen LogP contribution in [0.3, 0.4) is 0 Å². The van der Waals surface area contributed by atoms with E-state index in [1.54, 1.807) is 42.5 Å². The van der Waals surface area contributed by atoms with E-state index in [1.807, 2.05) is 0 Å². The molecule has 3 aromatic rings. The van der Waals surface area contributed by atoms with Crippen LogP contribution in [0.15, 0.2) is 57.8 Å². The van der Waals surface area contributed by atoms with E-state index in [-0.39, 0.29) is 33.0 Å². The summed E-state index contributed by atoms with van der Waals surface area (Å²) in [6.45, 7) is 0. The Morgan fingerprint density at radius 1 is 1.08 bits per heavy atom. The normalized spacial score (nSPS) is 11.3. The molecule has 3 rings (SSSR count). The van der Waals surface area contributed by atoms with Gasteiger partial charge in [0.1, 0.15) is 0 Å². The average molecular weight is 378 g/mol. The Morgan fingerprint density at radius 2 is 1.76 bits per heavy atom. The highest BCUT2D eigenvalue weighted by Gasteiger charge is 2.20. The Morgan fingerprint density at radius 3 is 2.48 bits per heavy atom. The van der Waals surface area contributed by atoms with Gasteiger partial charge in [0, 0.05) is 6.26 Å². The first-order valence-electron chi connectivity index (χ1n) is 7.05. The summed E-state index contributed by atoms with van der Waals surface area (Å²) in [7, 11) is -3.48. The molecule has 0 saturated heterocycles. The van der Waals surface area contributed by atoms with Gasteiger partial charge in [0.2, 0.25) is 0 Å². The summed E-state index contributed by atoms with van der Waals surface area (Å²) in [5, 5.41) is 10.2. The number of sulfone groups is 1. The van der Waals surface area contributed by atoms with Gasteiger partial charge in [0.05, 0.1) is 21.0 Å². The van der Waals surface area contributed by atoms with Crippen LogP contribution in [0.25, 0.3) is 11.5 Å². The van der Waals surface area contributed by atoms with Crippen molar-refractivity contribution in [3.8, 4) is 11.5 Å². The predicted octanol–water partition coefficient (Wildman–Crippen LogP) is 3.05. The van der Waals surface area contributed by atoms with E-state index in [4.69, 9.17) is 16.0 Å². The van der Waals surface area contributed by atoms with Crippen molar-refractivity contribution in [3.63, 3.8) is 0 Å². The van der Waals surface area contributed by atoms with Gasteiger partial charge in [-0.15, -0.1) is 5.10 Å². The van der Waals surface area contributed by atoms with E-state index in [2.05, 4.69) is 15.5 Å². The lowest BCUT2D eigenvalue weighted by molar-refractivity contribution is 0.102. The Balaban J connectivity index is 1.90. The Bertz CT molecular complexity index is 1050. The third-order valence-electron chi connectivity index (χ3n) is 3.28. The Hall–Kier alpha value is -2.71. The molecular formula is C16H12ClN3O4S. The van der Waals surface area contributed by atoms with Gasteiger partial charge in [0.15, 0.2) is 9.84 Å². The number of carbonyl (C=O) groups excluding carboxylic acids is 1. The molecule has 1 aromatic heterocycles. The van der Waals surface area contributed by atoms with Gasteiger partial charge in [-0.05, 0) is 24.3 Å². The molecule has 128 valence electrons. The standard InChI is InChI=1S/C16H12ClN3O4S/c1-25(22,23)13-9-5-3-7-11(13)15-19-20-16(24-15)18-14(21)10-6-2-4-8-12(10)17/h2-9H,1H3,(H,18,20,21). The second-order valence-electron chi connectivity index (χ2n) is 5.11. The molecular weight excluding hydrogens is 366 g/mol. The largest absolute Gasteiger partial charge is 0.403 e. The van der Waals surface area contributed by atoms with Gasteiger partial charge in [-0.1, -0.05) is 41.0 Å². The van der Waals surface area contributed by atoms with Crippen molar-refractivity contribution in [1.29, 1.82) is 0 Å². The molecule has 1 heterocycles. The molecule has 0 aliphatic carbocycles. The molecule has 0 unspecified atom stereocenters. The first kappa shape index (κ1) is 17.1. The first-order valence-corrected chi connectivity index (χ1v) is 9.32. The highest BCUT2D eigenvalue weighted by Crippen LogP contribution is 2.27. The molecule has 0 aliphatic rings. The molecule has 0 radical (unpaired) electrons. The molecule has 2 aromatic carbocycles. The lowest BCUT2D eigenvalue weighted by Gasteiger charge is -2.04. The summed E-state index contributed by atoms with van der Waals surface area (Å²) in [6.07, 6.45) is 1.09. The number of amides is 1. The zero-order valence-corrected chi connectivity index (χ0v) is 14.5. The van der Waals surface area contributed by atoms with Crippen LogP contribution in [0, 0.1) is 0 Å². The first-order chi connectivity index (χ1) is 11.9. The molecule has 1 amide bonds. The van der Waals surface area contributed by atoms with Crippen molar-refractivity contribution in [2.24, 2.45) is 0 Å². The van der Waals surface area contributed by atoms with Crippen LogP contribution in [0.5, 0.6) is 0 Å². The molecule has 7 nitrogen and oxygen atoms in total. The summed E-state index contributed by atoms with van der Waals surface area (Å²) in [4.78, 5) is 12.2. The number of nitrogens with one attached hydrogen (secondary N) is 1. The van der Waals surface area contributed by atoms with E-state index < -0.39 is 15.7 Å². The Kier molecular flexibility index (Phi) is 4.56. The number of carbonyl (C=O) groups is 1. The molecule has 0 bridgehead atoms. The lowest BCUT2D eigenvalue weighted by Crippen LogP contribution is -2.12. The number of hydrogen-bond donors (Lipinski definition) is 1. The van der Waals surface area contributed by atoms with E-state index in [0.29, 0.717) is 0 Å². The minimum Gasteiger partial charge on any atom is -0.403 e. The van der Waals surface area contributed by atoms with Crippen molar-refractivity contribution in [2.75, 3.05) is 11.6 Å². The third-order valence-corrected chi connectivity index (χ3v) is 4.77. The van der Waals surface area contributed by atoms with E-state index in [1.165, 1.54) is 6.07 Å². The number of benzene rings is 2. The third kappa shape index (κ3) is 3.70. The summed E-state index contributed by atoms with van der Waals surface area (Å²) in [5.41, 5.74) is 0.510. The van der Waals surface area contributed by atoms with Gasteiger partial charge >= 0.3 is 6.01 Å². The lowest BCUT2D eigenvalue weighted by atomic mass is 10.2. The van der Waals surface area contributed by atoms with Crippen LogP contribution in [0.4, 0.5) is 6.01 Å². The van der Waals surface area contributed by atoms with Crippen LogP contribution in [-0.2, 0) is 9.84 Å². The highest BCUT2D eigenvalue weighted by atomic mass is 35.5. The number of halogens is 1. The Labute approximate surface area is 148 Å². The number of nitrogens with zero attached hydrogens (tertiary/aromatic N) is 2. The fraction of sp³-hybridized carbons (Fsp3) is 0.0625. The van der Waals surface area contributed by atoms with Crippen molar-refractivity contribution in [3.05, 3.63) is 59.1 Å². The summed E-state index contributed by atoms with van der Waals surface area (Å²) < 4.78 is 29.1. The molecule has 9 heteroatoms. The summed E-state index contributed by atoms with van der Waals surface area (Å²) >= 11 is 5.96. The molecule has 1 N–H and O–H groups in total. The molecule has 25 heavy (non-hydrogen) atoms. The fourth-order valence-corrected chi connectivity index (χ4v) is 3.26. The highest BCUT2D eigenvalue weighted by molar-refractivity contribution is 7.90. The fourth-order valence-electron chi connectivity index (χ4n) is 2.16. The maximum Gasteiger partial charge on any atom is 0.322 e. The van der Waals surface area contributed by atoms with Gasteiger partial charge in [-0.2, -0.15) is 0 Å². The number of anilines is 1. The van der Waals surface area contributed by atoms with E-state index >= 15 is 0 Å². The van der Waals surface area contributed by atoms with Gasteiger partial charge in [0.25, 0.3) is 11.8 Å². The summed E-state index contributed by atoms with van der Waals surface area (Å²) in [6, 6.07) is 12.6. The zero-order valence-electron chi connectivity index (χ0n) is 12.9. The topological polar surface area (TPSA) is 102 Å². The predicted molar refractivity (Wildman–Crippen MR) is 92.2 cm³/mol. The molecule has 0 fully saturated rings. The molecule has 0 saturated carbocycles. The van der Waals surface area contributed by atoms with Crippen LogP contribution in [0.1, 0.15) is 10.4 Å². The van der Waals surface area contributed by atoms with Crippen LogP contribution < -0.4 is 5.32 Å². The van der Waals surface area contributed by atoms with Crippen LogP contribution in [0.2, 0.25) is 5.02 Å². The van der Waals surface area contributed by atoms with E-state index in [9.17, 15) is 13.2 Å². The molecule has 0 spiro atoms. The summed E-state index contributed by atoms with van der Waals surface area (Å²) in [5.74, 6) is -0.535. The second kappa shape index (κ2) is 6.66. The van der Waals surface area contributed by atoms with Crippen LogP contribution in [-0.4, -0.2) is 30.8 Å². The average Bonchev–Trinajstić information content (AvgIpc) is 3.03. The minimum absolute atomic E-state index is 0.0181. The number of rotatable bonds is 4. The van der Waals surface area contributed by atoms with E-state index in [0.717, 1.165) is 6.26 Å². The smallest absolute Gasteiger partial charge is 0.322 e. The zero-order chi connectivity index (χ0) is 18.0. The molecule has 0 aliphatic heterocycles. The van der Waals surface area contributed by atoms with Crippen LogP contribution >= 0.6 is 11.6 Å². The van der Waals surface area contributed by atoms with Crippen molar-refractivity contribution in [2.45, 2.75) is 4.90 Å². The maximum absolute atomic E-state index is 12.2. The van der Waals surface area contributed by atoms with Crippen molar-refractivity contribution >= 4 is 33.4 Å². The number of hydrogen-bond acceptors (Lipinski definition) is 6. The quantitative estimate of drug-likeness (QED) is 0.749. The molecule has 0 atom stereocenters. The second-order valence-corrected chi connectivity index (χ2v) is 7.51. The monoisotopic (exact) mass is 377 g/mol. The minimum atomic E-state index is -3.48. The van der Waals surface area contributed by atoms with Crippen molar-refractivity contribution < 1.29 is 17.6 Å². The maximum atomic E-state index is 12.2. The number of aromatic nitrogens is 2. The SMILES string of the molecule is CS(=O)(=O)c1ccccc1-c1nnc(NC(=O)c2ccccc2Cl)o1. The van der Waals surface area contributed by atoms with Gasteiger partial charge < -0.3 is 4.42 Å². The van der Waals surface area contributed by atoms with Crippen molar-refractivity contribution in [1.82, 2.24) is 10.2 Å². The van der Waals surface area contributed by atoms with Gasteiger partial charge in [-0.25, -0.2) is 8.42 Å².